The summed E-state index contributed by atoms with van der Waals surface area (Å²) in [6, 6.07) is 16.8. The highest BCUT2D eigenvalue weighted by molar-refractivity contribution is 5.98. The molecule has 0 N–H and O–H groups in total. The topological polar surface area (TPSA) is 50.1 Å². The van der Waals surface area contributed by atoms with E-state index in [1.807, 2.05) is 36.4 Å². The van der Waals surface area contributed by atoms with E-state index in [4.69, 9.17) is 4.74 Å². The molecule has 0 amide bonds. The van der Waals surface area contributed by atoms with E-state index >= 15 is 0 Å². The van der Waals surface area contributed by atoms with Crippen LogP contribution in [0.1, 0.15) is 61.4 Å². The summed E-state index contributed by atoms with van der Waals surface area (Å²) in [7, 11) is 0. The van der Waals surface area contributed by atoms with Crippen LogP contribution in [0.2, 0.25) is 0 Å². The fourth-order valence-corrected chi connectivity index (χ4v) is 2.84. The monoisotopic (exact) mass is 335 g/mol. The van der Waals surface area contributed by atoms with Crippen LogP contribution in [-0.4, -0.2) is 12.6 Å². The molecule has 3 heteroatoms. The molecule has 0 aliphatic rings. The first-order valence-electron chi connectivity index (χ1n) is 9.03. The molecule has 130 valence electrons. The minimum Gasteiger partial charge on any atom is -0.462 e. The van der Waals surface area contributed by atoms with Crippen molar-refractivity contribution in [1.82, 2.24) is 0 Å². The summed E-state index contributed by atoms with van der Waals surface area (Å²) < 4.78 is 5.45. The van der Waals surface area contributed by atoms with Crippen molar-refractivity contribution < 1.29 is 9.53 Å². The second-order valence-electron chi connectivity index (χ2n) is 6.11. The summed E-state index contributed by atoms with van der Waals surface area (Å²) in [4.78, 5) is 12.5. The number of benzene rings is 2. The lowest BCUT2D eigenvalue weighted by Crippen LogP contribution is -2.08. The zero-order valence-corrected chi connectivity index (χ0v) is 14.8. The molecule has 0 aliphatic heterocycles. The largest absolute Gasteiger partial charge is 0.462 e. The zero-order chi connectivity index (χ0) is 17.9. The van der Waals surface area contributed by atoms with E-state index in [2.05, 4.69) is 13.0 Å². The van der Waals surface area contributed by atoms with E-state index in [1.54, 1.807) is 12.1 Å². The van der Waals surface area contributed by atoms with Gasteiger partial charge in [0.15, 0.2) is 0 Å². The molecule has 0 unspecified atom stereocenters. The van der Waals surface area contributed by atoms with Gasteiger partial charge in [0.05, 0.1) is 23.8 Å². The number of carbonyl (C=O) groups is 1. The summed E-state index contributed by atoms with van der Waals surface area (Å²) in [6.07, 6.45) is 6.93. The van der Waals surface area contributed by atoms with Gasteiger partial charge in [-0.25, -0.2) is 4.79 Å². The van der Waals surface area contributed by atoms with Gasteiger partial charge in [-0.3, -0.25) is 0 Å². The van der Waals surface area contributed by atoms with Gasteiger partial charge in [0.1, 0.15) is 0 Å². The maximum absolute atomic E-state index is 12.5. The highest BCUT2D eigenvalue weighted by Gasteiger charge is 2.15. The van der Waals surface area contributed by atoms with E-state index in [9.17, 15) is 10.1 Å². The Hall–Kier alpha value is -2.60. The van der Waals surface area contributed by atoms with Gasteiger partial charge < -0.3 is 4.74 Å². The Balaban J connectivity index is 2.01. The molecule has 2 rings (SSSR count). The molecule has 2 aromatic rings. The van der Waals surface area contributed by atoms with Gasteiger partial charge in [0.25, 0.3) is 0 Å². The SMILES string of the molecule is CCCCCCCCOC(=O)c1ccccc1-c1ccccc1C#N. The molecular formula is C22H25NO2. The molecule has 0 heterocycles. The van der Waals surface area contributed by atoms with Gasteiger partial charge in [-0.1, -0.05) is 75.4 Å². The van der Waals surface area contributed by atoms with Crippen molar-refractivity contribution >= 4 is 5.97 Å². The van der Waals surface area contributed by atoms with E-state index in [0.29, 0.717) is 17.7 Å². The molecule has 3 nitrogen and oxygen atoms in total. The van der Waals surface area contributed by atoms with E-state index < -0.39 is 0 Å². The average molecular weight is 335 g/mol. The Labute approximate surface area is 150 Å². The van der Waals surface area contributed by atoms with Crippen molar-refractivity contribution in [3.05, 3.63) is 59.7 Å². The van der Waals surface area contributed by atoms with E-state index in [0.717, 1.165) is 24.0 Å². The Morgan fingerprint density at radius 3 is 2.32 bits per heavy atom. The average Bonchev–Trinajstić information content (AvgIpc) is 2.67. The number of ether oxygens (including phenoxy) is 1. The Morgan fingerprint density at radius 2 is 1.56 bits per heavy atom. The first-order valence-corrected chi connectivity index (χ1v) is 9.03. The molecule has 0 fully saturated rings. The number of nitrogens with zero attached hydrogens (tertiary/aromatic N) is 1. The molecule has 0 aromatic heterocycles. The van der Waals surface area contributed by atoms with Gasteiger partial charge in [-0.15, -0.1) is 0 Å². The van der Waals surface area contributed by atoms with E-state index in [1.165, 1.54) is 25.7 Å². The number of hydrogen-bond acceptors (Lipinski definition) is 3. The van der Waals surface area contributed by atoms with Gasteiger partial charge in [0, 0.05) is 5.56 Å². The van der Waals surface area contributed by atoms with E-state index in [-0.39, 0.29) is 5.97 Å². The summed E-state index contributed by atoms with van der Waals surface area (Å²) >= 11 is 0. The fraction of sp³-hybridized carbons (Fsp3) is 0.364. The standard InChI is InChI=1S/C22H25NO2/c1-2-3-4-5-6-11-16-25-22(24)21-15-10-9-14-20(21)19-13-8-7-12-18(19)17-23/h7-10,12-15H,2-6,11,16H2,1H3. The number of carbonyl (C=O) groups excluding carboxylic acids is 1. The third-order valence-electron chi connectivity index (χ3n) is 4.22. The molecule has 2 aromatic carbocycles. The third kappa shape index (κ3) is 5.46. The quantitative estimate of drug-likeness (QED) is 0.433. The summed E-state index contributed by atoms with van der Waals surface area (Å²) in [5, 5.41) is 9.31. The maximum atomic E-state index is 12.5. The van der Waals surface area contributed by atoms with Gasteiger partial charge in [0.2, 0.25) is 0 Å². The molecule has 0 atom stereocenters. The number of rotatable bonds is 9. The van der Waals surface area contributed by atoms with Crippen LogP contribution in [0.4, 0.5) is 0 Å². The third-order valence-corrected chi connectivity index (χ3v) is 4.22. The molecular weight excluding hydrogens is 310 g/mol. The molecule has 0 bridgehead atoms. The highest BCUT2D eigenvalue weighted by Crippen LogP contribution is 2.27. The number of nitriles is 1. The normalized spacial score (nSPS) is 10.2. The van der Waals surface area contributed by atoms with Crippen molar-refractivity contribution in [3.63, 3.8) is 0 Å². The van der Waals surface area contributed by atoms with Crippen LogP contribution in [0.5, 0.6) is 0 Å². The molecule has 0 saturated heterocycles. The zero-order valence-electron chi connectivity index (χ0n) is 14.8. The van der Waals surface area contributed by atoms with Gasteiger partial charge in [-0.2, -0.15) is 5.26 Å². The van der Waals surface area contributed by atoms with Crippen LogP contribution in [0.15, 0.2) is 48.5 Å². The highest BCUT2D eigenvalue weighted by atomic mass is 16.5. The second-order valence-corrected chi connectivity index (χ2v) is 6.11. The van der Waals surface area contributed by atoms with Gasteiger partial charge in [-0.05, 0) is 24.1 Å². The fourth-order valence-electron chi connectivity index (χ4n) is 2.84. The molecule has 0 saturated carbocycles. The molecule has 0 spiro atoms. The van der Waals surface area contributed by atoms with Crippen LogP contribution in [0.3, 0.4) is 0 Å². The Bertz CT molecular complexity index is 731. The van der Waals surface area contributed by atoms with Crippen molar-refractivity contribution in [1.29, 1.82) is 5.26 Å². The van der Waals surface area contributed by atoms with Crippen molar-refractivity contribution in [3.8, 4) is 17.2 Å². The van der Waals surface area contributed by atoms with Crippen molar-refractivity contribution in [2.24, 2.45) is 0 Å². The smallest absolute Gasteiger partial charge is 0.338 e. The lowest BCUT2D eigenvalue weighted by Gasteiger charge is -2.11. The minimum atomic E-state index is -0.322. The molecule has 25 heavy (non-hydrogen) atoms. The second kappa shape index (κ2) is 10.3. The number of unbranched alkanes of at least 4 members (excludes halogenated alkanes) is 5. The van der Waals surface area contributed by atoms with Crippen molar-refractivity contribution in [2.45, 2.75) is 45.4 Å². The first kappa shape index (κ1) is 18.7. The summed E-state index contributed by atoms with van der Waals surface area (Å²) in [5.74, 6) is -0.322. The summed E-state index contributed by atoms with van der Waals surface area (Å²) in [5.41, 5.74) is 2.57. The molecule has 0 aliphatic carbocycles. The van der Waals surface area contributed by atoms with Crippen molar-refractivity contribution in [2.75, 3.05) is 6.61 Å². The molecule has 0 radical (unpaired) electrons. The summed E-state index contributed by atoms with van der Waals surface area (Å²) in [6.45, 7) is 2.64. The minimum absolute atomic E-state index is 0.322. The predicted octanol–water partition coefficient (Wildman–Crippen LogP) is 5.74. The maximum Gasteiger partial charge on any atom is 0.338 e. The lowest BCUT2D eigenvalue weighted by atomic mass is 9.96. The lowest BCUT2D eigenvalue weighted by molar-refractivity contribution is 0.0498. The van der Waals surface area contributed by atoms with Crippen LogP contribution >= 0.6 is 0 Å². The van der Waals surface area contributed by atoms with Crippen LogP contribution in [0.25, 0.3) is 11.1 Å². The number of esters is 1. The van der Waals surface area contributed by atoms with Gasteiger partial charge >= 0.3 is 5.97 Å². The first-order chi connectivity index (χ1) is 12.3. The van der Waals surface area contributed by atoms with Crippen LogP contribution in [-0.2, 0) is 4.74 Å². The Morgan fingerprint density at radius 1 is 0.920 bits per heavy atom. The van der Waals surface area contributed by atoms with Crippen LogP contribution in [0, 0.1) is 11.3 Å². The predicted molar refractivity (Wildman–Crippen MR) is 100 cm³/mol. The Kier molecular flexibility index (Phi) is 7.72. The van der Waals surface area contributed by atoms with Crippen LogP contribution < -0.4 is 0 Å². The number of hydrogen-bond donors (Lipinski definition) is 0.